The van der Waals surface area contributed by atoms with Gasteiger partial charge in [0.05, 0.1) is 16.8 Å². The molecule has 42 heavy (non-hydrogen) atoms. The van der Waals surface area contributed by atoms with Crippen LogP contribution < -0.4 is 16.0 Å². The Hall–Kier alpha value is -4.63. The van der Waals surface area contributed by atoms with Crippen molar-refractivity contribution in [2.75, 3.05) is 31.1 Å². The fourth-order valence-corrected chi connectivity index (χ4v) is 5.18. The van der Waals surface area contributed by atoms with Crippen molar-refractivity contribution in [2.24, 2.45) is 5.73 Å². The number of aromatic nitrogens is 1. The van der Waals surface area contributed by atoms with Crippen LogP contribution in [0.15, 0.2) is 85.1 Å². The number of nitrogens with zero attached hydrogens (tertiary/aromatic N) is 2. The largest absolute Gasteiger partial charge is 0.457 e. The molecule has 1 atom stereocenters. The lowest BCUT2D eigenvalue weighted by atomic mass is 10.0. The number of aromatic amines is 1. The topological polar surface area (TPSA) is 121 Å². The zero-order valence-electron chi connectivity index (χ0n) is 24.0. The van der Waals surface area contributed by atoms with Crippen molar-refractivity contribution >= 4 is 34.4 Å². The van der Waals surface area contributed by atoms with Gasteiger partial charge in [-0.3, -0.25) is 9.59 Å². The van der Waals surface area contributed by atoms with Gasteiger partial charge in [0.15, 0.2) is 0 Å². The molecule has 218 valence electrons. The van der Waals surface area contributed by atoms with Gasteiger partial charge in [0.25, 0.3) is 0 Å². The number of nitrogens with one attached hydrogen (secondary N) is 2. The van der Waals surface area contributed by atoms with Crippen molar-refractivity contribution in [2.45, 2.75) is 38.5 Å². The molecule has 0 spiro atoms. The lowest BCUT2D eigenvalue weighted by Gasteiger charge is -2.38. The molecule has 0 bridgehead atoms. The van der Waals surface area contributed by atoms with Gasteiger partial charge < -0.3 is 30.6 Å². The monoisotopic (exact) mass is 567 g/mol. The molecule has 0 radical (unpaired) electrons. The quantitative estimate of drug-likeness (QED) is 0.266. The van der Waals surface area contributed by atoms with Crippen LogP contribution in [-0.2, 0) is 27.4 Å². The van der Waals surface area contributed by atoms with Crippen molar-refractivity contribution in [3.05, 3.63) is 102 Å². The molecule has 0 saturated carbocycles. The third kappa shape index (κ3) is 6.63. The molecular formula is C33H37N5O4. The molecule has 1 aromatic heterocycles. The zero-order valence-corrected chi connectivity index (χ0v) is 24.0. The summed E-state index contributed by atoms with van der Waals surface area (Å²) in [4.78, 5) is 46.8. The second-order valence-electron chi connectivity index (χ2n) is 11.2. The van der Waals surface area contributed by atoms with Crippen LogP contribution in [-0.4, -0.2) is 65.4 Å². The van der Waals surface area contributed by atoms with E-state index in [0.717, 1.165) is 27.7 Å². The average molecular weight is 568 g/mol. The molecule has 1 fully saturated rings. The first-order valence-electron chi connectivity index (χ1n) is 14.2. The Bertz CT molecular complexity index is 1550. The van der Waals surface area contributed by atoms with Gasteiger partial charge in [0.1, 0.15) is 12.6 Å². The van der Waals surface area contributed by atoms with Crippen molar-refractivity contribution in [1.29, 1.82) is 0 Å². The van der Waals surface area contributed by atoms with Crippen LogP contribution in [0.1, 0.15) is 35.3 Å². The number of anilines is 1. The number of piperazine rings is 1. The molecule has 9 heteroatoms. The Morgan fingerprint density at radius 3 is 2.33 bits per heavy atom. The van der Waals surface area contributed by atoms with Crippen molar-refractivity contribution < 1.29 is 19.1 Å². The molecule has 1 aliphatic rings. The van der Waals surface area contributed by atoms with Gasteiger partial charge in [0, 0.05) is 49.7 Å². The highest BCUT2D eigenvalue weighted by molar-refractivity contribution is 5.96. The highest BCUT2D eigenvalue weighted by Crippen LogP contribution is 2.24. The van der Waals surface area contributed by atoms with Crippen LogP contribution in [0.2, 0.25) is 0 Å². The number of carbonyl (C=O) groups excluding carboxylic acids is 3. The fraction of sp³-hybridized carbons (Fsp3) is 0.303. The summed E-state index contributed by atoms with van der Waals surface area (Å²) in [5.41, 5.74) is 9.03. The summed E-state index contributed by atoms with van der Waals surface area (Å²) in [5.74, 6) is -0.936. The minimum atomic E-state index is -1.13. The van der Waals surface area contributed by atoms with Crippen molar-refractivity contribution in [3.63, 3.8) is 0 Å². The Kier molecular flexibility index (Phi) is 8.59. The van der Waals surface area contributed by atoms with E-state index in [-0.39, 0.29) is 24.4 Å². The molecule has 9 nitrogen and oxygen atoms in total. The smallest absolute Gasteiger partial charge is 0.340 e. The van der Waals surface area contributed by atoms with Gasteiger partial charge in [-0.25, -0.2) is 4.79 Å². The zero-order chi connectivity index (χ0) is 29.7. The number of benzene rings is 3. The Morgan fingerprint density at radius 2 is 1.60 bits per heavy atom. The molecular weight excluding hydrogens is 530 g/mol. The minimum absolute atomic E-state index is 0.159. The van der Waals surface area contributed by atoms with Crippen molar-refractivity contribution in [1.82, 2.24) is 15.2 Å². The maximum Gasteiger partial charge on any atom is 0.340 e. The van der Waals surface area contributed by atoms with Gasteiger partial charge in [-0.2, -0.15) is 0 Å². The number of ether oxygens (including phenoxy) is 1. The van der Waals surface area contributed by atoms with E-state index >= 15 is 0 Å². The number of hydrogen-bond donors (Lipinski definition) is 3. The maximum absolute atomic E-state index is 13.8. The van der Waals surface area contributed by atoms with E-state index in [1.807, 2.05) is 79.0 Å². The third-order valence-electron chi connectivity index (χ3n) is 7.56. The predicted octanol–water partition coefficient (Wildman–Crippen LogP) is 3.64. The van der Waals surface area contributed by atoms with E-state index in [2.05, 4.69) is 15.2 Å². The second kappa shape index (κ2) is 12.5. The lowest BCUT2D eigenvalue weighted by Crippen LogP contribution is -2.59. The first kappa shape index (κ1) is 28.9. The van der Waals surface area contributed by atoms with Gasteiger partial charge in [-0.15, -0.1) is 0 Å². The van der Waals surface area contributed by atoms with Crippen LogP contribution in [0.25, 0.3) is 10.9 Å². The predicted molar refractivity (Wildman–Crippen MR) is 163 cm³/mol. The van der Waals surface area contributed by atoms with Crippen LogP contribution in [0.5, 0.6) is 0 Å². The molecule has 2 amide bonds. The van der Waals surface area contributed by atoms with Crippen molar-refractivity contribution in [3.8, 4) is 0 Å². The second-order valence-corrected chi connectivity index (χ2v) is 11.2. The van der Waals surface area contributed by atoms with Crippen LogP contribution in [0, 0.1) is 0 Å². The molecule has 0 unspecified atom stereocenters. The molecule has 2 heterocycles. The Balaban J connectivity index is 1.27. The summed E-state index contributed by atoms with van der Waals surface area (Å²) in [6, 6.07) is 24.0. The summed E-state index contributed by atoms with van der Waals surface area (Å²) in [6.07, 6.45) is 2.22. The highest BCUT2D eigenvalue weighted by Gasteiger charge is 2.33. The summed E-state index contributed by atoms with van der Waals surface area (Å²) < 4.78 is 5.60. The number of rotatable bonds is 9. The molecule has 1 aliphatic heterocycles. The molecule has 1 saturated heterocycles. The van der Waals surface area contributed by atoms with Gasteiger partial charge in [-0.1, -0.05) is 60.7 Å². The standard InChI is InChI=1S/C33H37N5O4/c1-33(2,34)32(41)36-28(20-24-21-35-27-14-8-6-12-25(24)27)30(39)38-18-16-37(17-19-38)29-15-9-7-13-26(29)31(40)42-22-23-10-4-3-5-11-23/h3-15,21,28,35H,16-20,22,34H2,1-2H3,(H,36,41)/t28-/m1/s1. The number of H-pyrrole nitrogens is 1. The van der Waals surface area contributed by atoms with E-state index in [0.29, 0.717) is 38.2 Å². The number of nitrogens with two attached hydrogens (primary N) is 1. The van der Waals surface area contributed by atoms with Gasteiger partial charge >= 0.3 is 5.97 Å². The summed E-state index contributed by atoms with van der Waals surface area (Å²) in [5, 5.41) is 3.92. The summed E-state index contributed by atoms with van der Waals surface area (Å²) in [6.45, 7) is 5.39. The highest BCUT2D eigenvalue weighted by atomic mass is 16.5. The molecule has 0 aliphatic carbocycles. The van der Waals surface area contributed by atoms with Crippen LogP contribution in [0.4, 0.5) is 5.69 Å². The Morgan fingerprint density at radius 1 is 0.929 bits per heavy atom. The number of esters is 1. The minimum Gasteiger partial charge on any atom is -0.457 e. The van der Waals surface area contributed by atoms with Crippen LogP contribution in [0.3, 0.4) is 0 Å². The van der Waals surface area contributed by atoms with E-state index in [1.54, 1.807) is 24.8 Å². The third-order valence-corrected chi connectivity index (χ3v) is 7.56. The SMILES string of the molecule is CC(C)(N)C(=O)N[C@H](Cc1c[nH]c2ccccc12)C(=O)N1CCN(c2ccccc2C(=O)OCc2ccccc2)CC1. The first-order chi connectivity index (χ1) is 20.2. The van der Waals surface area contributed by atoms with E-state index in [9.17, 15) is 14.4 Å². The number of fused-ring (bicyclic) bond motifs is 1. The molecule has 3 aromatic carbocycles. The van der Waals surface area contributed by atoms with E-state index in [4.69, 9.17) is 10.5 Å². The number of carbonyl (C=O) groups is 3. The van der Waals surface area contributed by atoms with E-state index in [1.165, 1.54) is 0 Å². The average Bonchev–Trinajstić information content (AvgIpc) is 3.42. The van der Waals surface area contributed by atoms with Gasteiger partial charge in [-0.05, 0) is 43.2 Å². The summed E-state index contributed by atoms with van der Waals surface area (Å²) in [7, 11) is 0. The molecule has 4 N–H and O–H groups in total. The summed E-state index contributed by atoms with van der Waals surface area (Å²) >= 11 is 0. The van der Waals surface area contributed by atoms with E-state index < -0.39 is 11.6 Å². The van der Waals surface area contributed by atoms with Gasteiger partial charge in [0.2, 0.25) is 11.8 Å². The normalized spacial score (nSPS) is 14.5. The number of hydrogen-bond acceptors (Lipinski definition) is 6. The molecule has 5 rings (SSSR count). The number of para-hydroxylation sites is 2. The number of amides is 2. The molecule has 4 aromatic rings. The Labute approximate surface area is 245 Å². The lowest BCUT2D eigenvalue weighted by molar-refractivity contribution is -0.137. The van der Waals surface area contributed by atoms with Crippen LogP contribution >= 0.6 is 0 Å². The maximum atomic E-state index is 13.8. The first-order valence-corrected chi connectivity index (χ1v) is 14.2. The fourth-order valence-electron chi connectivity index (χ4n) is 5.18.